The molecule has 0 amide bonds. The van der Waals surface area contributed by atoms with Gasteiger partial charge in [-0.15, -0.1) is 0 Å². The third-order valence-electron chi connectivity index (χ3n) is 7.72. The van der Waals surface area contributed by atoms with Gasteiger partial charge in [0, 0.05) is 25.2 Å². The van der Waals surface area contributed by atoms with Crippen molar-refractivity contribution in [3.8, 4) is 0 Å². The number of para-hydroxylation sites is 1. The molecule has 3 aromatic carbocycles. The fourth-order valence-corrected chi connectivity index (χ4v) is 8.06. The molecule has 36 heavy (non-hydrogen) atoms. The van der Waals surface area contributed by atoms with Crippen LogP contribution in [0.3, 0.4) is 0 Å². The predicted molar refractivity (Wildman–Crippen MR) is 149 cm³/mol. The zero-order valence-electron chi connectivity index (χ0n) is 20.3. The lowest BCUT2D eigenvalue weighted by Crippen LogP contribution is -2.51. The van der Waals surface area contributed by atoms with Gasteiger partial charge in [-0.3, -0.25) is 9.21 Å². The number of nitrogens with zero attached hydrogens (tertiary/aromatic N) is 2. The average molecular weight is 544 g/mol. The van der Waals surface area contributed by atoms with Gasteiger partial charge in [-0.25, -0.2) is 8.42 Å². The first kappa shape index (κ1) is 25.6. The first-order chi connectivity index (χ1) is 17.4. The highest BCUT2D eigenvalue weighted by Crippen LogP contribution is 2.39. The van der Waals surface area contributed by atoms with E-state index in [1.54, 1.807) is 16.4 Å². The van der Waals surface area contributed by atoms with Crippen LogP contribution in [-0.2, 0) is 10.0 Å². The van der Waals surface area contributed by atoms with Gasteiger partial charge in [-0.05, 0) is 67.5 Å². The molecule has 1 heterocycles. The van der Waals surface area contributed by atoms with Gasteiger partial charge < -0.3 is 0 Å². The van der Waals surface area contributed by atoms with Crippen molar-refractivity contribution in [1.29, 1.82) is 0 Å². The molecule has 5 rings (SSSR count). The Kier molecular flexibility index (Phi) is 7.92. The van der Waals surface area contributed by atoms with Crippen LogP contribution in [0.4, 0.5) is 5.69 Å². The number of rotatable bonds is 6. The summed E-state index contributed by atoms with van der Waals surface area (Å²) < 4.78 is 29.5. The van der Waals surface area contributed by atoms with Gasteiger partial charge in [0.25, 0.3) is 10.0 Å². The molecule has 1 saturated heterocycles. The maximum Gasteiger partial charge on any atom is 0.264 e. The van der Waals surface area contributed by atoms with E-state index in [-0.39, 0.29) is 16.0 Å². The van der Waals surface area contributed by atoms with Crippen LogP contribution in [0.15, 0.2) is 83.8 Å². The summed E-state index contributed by atoms with van der Waals surface area (Å²) in [5, 5.41) is 0.584. The van der Waals surface area contributed by atoms with E-state index < -0.39 is 10.0 Å². The molecule has 0 bridgehead atoms. The van der Waals surface area contributed by atoms with Gasteiger partial charge in [-0.2, -0.15) is 0 Å². The maximum atomic E-state index is 13.9. The summed E-state index contributed by atoms with van der Waals surface area (Å²) in [6, 6.07) is 25.2. The summed E-state index contributed by atoms with van der Waals surface area (Å²) in [5.41, 5.74) is 2.11. The second kappa shape index (κ2) is 11.1. The predicted octanol–water partition coefficient (Wildman–Crippen LogP) is 7.38. The minimum absolute atomic E-state index is 0.123. The number of anilines is 1. The van der Waals surface area contributed by atoms with Crippen LogP contribution in [0.25, 0.3) is 0 Å². The fourth-order valence-electron chi connectivity index (χ4n) is 5.96. The Morgan fingerprint density at radius 3 is 2.06 bits per heavy atom. The fraction of sp³-hybridized carbons (Fsp3) is 0.379. The van der Waals surface area contributed by atoms with Crippen molar-refractivity contribution in [2.24, 2.45) is 0 Å². The molecule has 0 aromatic heterocycles. The lowest BCUT2D eigenvalue weighted by Gasteiger charge is -2.45. The molecule has 0 radical (unpaired) electrons. The highest BCUT2D eigenvalue weighted by molar-refractivity contribution is 7.92. The Balaban J connectivity index is 1.39. The molecule has 0 spiro atoms. The summed E-state index contributed by atoms with van der Waals surface area (Å²) in [6.45, 7) is 1.78. The summed E-state index contributed by atoms with van der Waals surface area (Å²) in [6.07, 6.45) is 6.53. The zero-order chi connectivity index (χ0) is 25.1. The summed E-state index contributed by atoms with van der Waals surface area (Å²) in [5.74, 6) is 0.543. The quantitative estimate of drug-likeness (QED) is 0.326. The summed E-state index contributed by atoms with van der Waals surface area (Å²) in [7, 11) is -3.82. The van der Waals surface area contributed by atoms with Gasteiger partial charge in [0.15, 0.2) is 0 Å². The van der Waals surface area contributed by atoms with E-state index in [1.165, 1.54) is 37.3 Å². The Bertz CT molecular complexity index is 1260. The molecule has 2 atom stereocenters. The minimum Gasteiger partial charge on any atom is -0.300 e. The Morgan fingerprint density at radius 2 is 1.39 bits per heavy atom. The molecule has 1 aliphatic heterocycles. The van der Waals surface area contributed by atoms with Gasteiger partial charge in [0.05, 0.1) is 20.6 Å². The van der Waals surface area contributed by atoms with Gasteiger partial charge in [0.1, 0.15) is 0 Å². The van der Waals surface area contributed by atoms with Crippen LogP contribution in [0.5, 0.6) is 0 Å². The molecule has 3 aromatic rings. The minimum atomic E-state index is -3.82. The molecule has 2 aliphatic rings. The highest BCUT2D eigenvalue weighted by atomic mass is 35.5. The van der Waals surface area contributed by atoms with E-state index in [0.717, 1.165) is 25.9 Å². The second-order valence-electron chi connectivity index (χ2n) is 9.85. The molecule has 4 nitrogen and oxygen atoms in total. The summed E-state index contributed by atoms with van der Waals surface area (Å²) >= 11 is 12.3. The number of benzene rings is 3. The first-order valence-corrected chi connectivity index (χ1v) is 15.0. The highest BCUT2D eigenvalue weighted by Gasteiger charge is 2.38. The van der Waals surface area contributed by atoms with Crippen LogP contribution in [-0.4, -0.2) is 38.5 Å². The van der Waals surface area contributed by atoms with Gasteiger partial charge in [0.2, 0.25) is 0 Å². The average Bonchev–Trinajstić information content (AvgIpc) is 2.92. The van der Waals surface area contributed by atoms with Crippen LogP contribution < -0.4 is 4.31 Å². The van der Waals surface area contributed by atoms with Crippen LogP contribution in [0.2, 0.25) is 10.0 Å². The number of halogens is 2. The van der Waals surface area contributed by atoms with E-state index in [2.05, 4.69) is 35.2 Å². The maximum absolute atomic E-state index is 13.9. The van der Waals surface area contributed by atoms with E-state index in [0.29, 0.717) is 22.7 Å². The molecule has 7 heteroatoms. The molecular formula is C29H32Cl2N2O2S. The number of sulfonamides is 1. The number of likely N-dealkylation sites (tertiary alicyclic amines) is 1. The van der Waals surface area contributed by atoms with Crippen molar-refractivity contribution in [3.63, 3.8) is 0 Å². The molecule has 190 valence electrons. The monoisotopic (exact) mass is 542 g/mol. The van der Waals surface area contributed by atoms with E-state index in [1.807, 2.05) is 30.3 Å². The van der Waals surface area contributed by atoms with E-state index in [9.17, 15) is 8.42 Å². The van der Waals surface area contributed by atoms with Crippen LogP contribution >= 0.6 is 23.2 Å². The normalized spacial score (nSPS) is 21.8. The van der Waals surface area contributed by atoms with E-state index in [4.69, 9.17) is 23.2 Å². The Morgan fingerprint density at radius 1 is 0.750 bits per heavy atom. The smallest absolute Gasteiger partial charge is 0.264 e. The third kappa shape index (κ3) is 5.31. The van der Waals surface area contributed by atoms with Crippen molar-refractivity contribution < 1.29 is 8.42 Å². The van der Waals surface area contributed by atoms with Crippen LogP contribution in [0.1, 0.15) is 50.0 Å². The van der Waals surface area contributed by atoms with Gasteiger partial charge in [-0.1, -0.05) is 84.6 Å². The molecule has 2 fully saturated rings. The molecular weight excluding hydrogens is 511 g/mol. The van der Waals surface area contributed by atoms with E-state index >= 15 is 0 Å². The van der Waals surface area contributed by atoms with Crippen LogP contribution in [0, 0.1) is 0 Å². The van der Waals surface area contributed by atoms with Crippen molar-refractivity contribution in [2.75, 3.05) is 17.4 Å². The number of piperidine rings is 1. The van der Waals surface area contributed by atoms with Crippen molar-refractivity contribution in [3.05, 3.63) is 94.5 Å². The Hall–Kier alpha value is -2.05. The molecule has 0 N–H and O–H groups in total. The number of hydrogen-bond acceptors (Lipinski definition) is 3. The molecule has 2 unspecified atom stereocenters. The third-order valence-corrected chi connectivity index (χ3v) is 10.3. The standard InChI is InChI=1S/C29H32Cl2N2O2S/c30-27-16-15-25(21-28(27)31)36(34,35)33(23-11-5-2-6-12-23)24-17-19-32(20-18-24)29-14-8-7-13-26(29)22-9-3-1-4-10-22/h1-6,9-12,15-16,21,24,26,29H,7-8,13-14,17-20H2. The summed E-state index contributed by atoms with van der Waals surface area (Å²) in [4.78, 5) is 2.78. The molecule has 1 aliphatic carbocycles. The largest absolute Gasteiger partial charge is 0.300 e. The van der Waals surface area contributed by atoms with Crippen molar-refractivity contribution >= 4 is 38.9 Å². The lowest BCUT2D eigenvalue weighted by atomic mass is 9.78. The second-order valence-corrected chi connectivity index (χ2v) is 12.5. The lowest BCUT2D eigenvalue weighted by molar-refractivity contribution is 0.107. The Labute approximate surface area is 224 Å². The molecule has 1 saturated carbocycles. The number of hydrogen-bond donors (Lipinski definition) is 0. The first-order valence-electron chi connectivity index (χ1n) is 12.8. The topological polar surface area (TPSA) is 40.6 Å². The zero-order valence-corrected chi connectivity index (χ0v) is 22.6. The van der Waals surface area contributed by atoms with Crippen molar-refractivity contribution in [2.45, 2.75) is 61.4 Å². The SMILES string of the molecule is O=S(=O)(c1ccc(Cl)c(Cl)c1)N(c1ccccc1)C1CCN(C2CCCCC2c2ccccc2)CC1. The van der Waals surface area contributed by atoms with Gasteiger partial charge >= 0.3 is 0 Å². The van der Waals surface area contributed by atoms with Crippen molar-refractivity contribution in [1.82, 2.24) is 4.90 Å².